The average molecular weight is 232 g/mol. The minimum atomic E-state index is -5.82. The van der Waals surface area contributed by atoms with Gasteiger partial charge in [-0.1, -0.05) is 0 Å². The number of aliphatic hydroxyl groups is 1. The third-order valence-corrected chi connectivity index (χ3v) is 1.21. The summed E-state index contributed by atoms with van der Waals surface area (Å²) < 4.78 is 93.0. The zero-order valence-electron chi connectivity index (χ0n) is 6.26. The van der Waals surface area contributed by atoms with Crippen LogP contribution in [0, 0.1) is 0 Å². The monoisotopic (exact) mass is 232 g/mol. The van der Waals surface area contributed by atoms with Crippen LogP contribution in [-0.4, -0.2) is 29.5 Å². The molecule has 9 heteroatoms. The summed E-state index contributed by atoms with van der Waals surface area (Å²) in [7, 11) is 0. The summed E-state index contributed by atoms with van der Waals surface area (Å²) in [6, 6.07) is 0. The first-order valence-corrected chi connectivity index (χ1v) is 3.07. The minimum absolute atomic E-state index is 2.75. The van der Waals surface area contributed by atoms with Crippen LogP contribution in [0.3, 0.4) is 0 Å². The van der Waals surface area contributed by atoms with E-state index in [0.29, 0.717) is 0 Å². The zero-order chi connectivity index (χ0) is 11.8. The molecular weight excluding hydrogens is 228 g/mol. The van der Waals surface area contributed by atoms with E-state index in [4.69, 9.17) is 5.11 Å². The van der Waals surface area contributed by atoms with Crippen molar-refractivity contribution in [2.75, 3.05) is 0 Å². The molecule has 0 aromatic rings. The molecule has 0 bridgehead atoms. The van der Waals surface area contributed by atoms with E-state index in [0.717, 1.165) is 0 Å². The van der Waals surface area contributed by atoms with Crippen molar-refractivity contribution in [2.24, 2.45) is 0 Å². The van der Waals surface area contributed by atoms with Crippen LogP contribution in [0.5, 0.6) is 0 Å². The quantitative estimate of drug-likeness (QED) is 0.741. The van der Waals surface area contributed by atoms with E-state index >= 15 is 0 Å². The molecule has 0 heterocycles. The fraction of sp³-hybridized carbons (Fsp3) is 1.00. The first-order valence-electron chi connectivity index (χ1n) is 3.07. The van der Waals surface area contributed by atoms with E-state index in [-0.39, 0.29) is 0 Å². The molecule has 0 aliphatic carbocycles. The molecule has 1 atom stereocenters. The van der Waals surface area contributed by atoms with Gasteiger partial charge < -0.3 is 5.11 Å². The van der Waals surface area contributed by atoms with Gasteiger partial charge in [-0.2, -0.15) is 30.7 Å². The fourth-order valence-electron chi connectivity index (χ4n) is 0.520. The third-order valence-electron chi connectivity index (χ3n) is 1.21. The maximum atomic E-state index is 12.1. The maximum Gasteiger partial charge on any atom is 0.420 e. The Bertz CT molecular complexity index is 191. The second kappa shape index (κ2) is 3.52. The van der Waals surface area contributed by atoms with Crippen LogP contribution >= 0.6 is 0 Å². The highest BCUT2D eigenvalue weighted by atomic mass is 19.4. The number of halogens is 8. The van der Waals surface area contributed by atoms with Gasteiger partial charge in [-0.25, -0.2) is 4.39 Å². The highest BCUT2D eigenvalue weighted by molar-refractivity contribution is 4.85. The molecule has 0 aliphatic heterocycles. The van der Waals surface area contributed by atoms with Gasteiger partial charge in [0.25, 0.3) is 0 Å². The first-order chi connectivity index (χ1) is 5.88. The van der Waals surface area contributed by atoms with Gasteiger partial charge in [0.05, 0.1) is 6.42 Å². The van der Waals surface area contributed by atoms with E-state index in [1.165, 1.54) is 0 Å². The zero-order valence-corrected chi connectivity index (χ0v) is 6.26. The lowest BCUT2D eigenvalue weighted by Crippen LogP contribution is -2.49. The highest BCUT2D eigenvalue weighted by Crippen LogP contribution is 2.40. The summed E-state index contributed by atoms with van der Waals surface area (Å²) in [4.78, 5) is 0. The third kappa shape index (κ3) is 3.28. The molecule has 14 heavy (non-hydrogen) atoms. The van der Waals surface area contributed by atoms with E-state index < -0.39 is 30.8 Å². The Balaban J connectivity index is 4.61. The second-order valence-electron chi connectivity index (χ2n) is 2.45. The smallest absolute Gasteiger partial charge is 0.331 e. The van der Waals surface area contributed by atoms with Crippen LogP contribution in [0.2, 0.25) is 0 Å². The van der Waals surface area contributed by atoms with E-state index in [2.05, 4.69) is 0 Å². The number of hydrogen-bond donors (Lipinski definition) is 1. The Kier molecular flexibility index (Phi) is 3.37. The van der Waals surface area contributed by atoms with Crippen LogP contribution < -0.4 is 0 Å². The number of hydrogen-bond acceptors (Lipinski definition) is 1. The van der Waals surface area contributed by atoms with E-state index in [9.17, 15) is 35.1 Å². The van der Waals surface area contributed by atoms with Crippen LogP contribution in [0.4, 0.5) is 35.1 Å². The van der Waals surface area contributed by atoms with Gasteiger partial charge in [-0.15, -0.1) is 0 Å². The molecule has 0 rings (SSSR count). The van der Waals surface area contributed by atoms with Gasteiger partial charge in [-0.3, -0.25) is 0 Å². The average Bonchev–Trinajstić information content (AvgIpc) is 1.80. The fourth-order valence-corrected chi connectivity index (χ4v) is 0.520. The number of alkyl halides is 8. The van der Waals surface area contributed by atoms with Gasteiger partial charge in [0.1, 0.15) is 0 Å². The lowest BCUT2D eigenvalue weighted by atomic mass is 10.1. The molecule has 0 radical (unpaired) electrons. The standard InChI is InChI=1S/C5H4F8O/c6-2(1-3(7,8)9)4(10,11)5(12,13)14/h2,14H,1H2. The topological polar surface area (TPSA) is 20.2 Å². The summed E-state index contributed by atoms with van der Waals surface area (Å²) in [5.74, 6) is -5.76. The molecule has 0 aliphatic rings. The molecule has 1 N–H and O–H groups in total. The van der Waals surface area contributed by atoms with Crippen molar-refractivity contribution in [1.82, 2.24) is 0 Å². The van der Waals surface area contributed by atoms with Crippen molar-refractivity contribution in [3.8, 4) is 0 Å². The van der Waals surface area contributed by atoms with Gasteiger partial charge in [0, 0.05) is 0 Å². The Labute approximate surface area is 72.3 Å². The van der Waals surface area contributed by atoms with E-state index in [1.807, 2.05) is 0 Å². The predicted molar refractivity (Wildman–Crippen MR) is 27.7 cm³/mol. The molecule has 86 valence electrons. The van der Waals surface area contributed by atoms with Crippen LogP contribution in [0.15, 0.2) is 0 Å². The molecule has 0 aromatic carbocycles. The van der Waals surface area contributed by atoms with Crippen molar-refractivity contribution in [2.45, 2.75) is 30.8 Å². The predicted octanol–water partition coefficient (Wildman–Crippen LogP) is 2.50. The Hall–Kier alpha value is -0.600. The van der Waals surface area contributed by atoms with E-state index in [1.54, 1.807) is 0 Å². The first kappa shape index (κ1) is 13.4. The molecule has 0 aromatic heterocycles. The van der Waals surface area contributed by atoms with Gasteiger partial charge in [-0.05, 0) is 0 Å². The second-order valence-corrected chi connectivity index (χ2v) is 2.45. The van der Waals surface area contributed by atoms with Crippen molar-refractivity contribution in [3.63, 3.8) is 0 Å². The van der Waals surface area contributed by atoms with Crippen molar-refractivity contribution < 1.29 is 40.2 Å². The summed E-state index contributed by atoms with van der Waals surface area (Å²) in [5.41, 5.74) is 0. The van der Waals surface area contributed by atoms with Crippen molar-refractivity contribution in [1.29, 1.82) is 0 Å². The molecular formula is C5H4F8O. The lowest BCUT2D eigenvalue weighted by Gasteiger charge is -2.25. The Morgan fingerprint density at radius 2 is 1.29 bits per heavy atom. The normalized spacial score (nSPS) is 16.9. The molecule has 0 spiro atoms. The summed E-state index contributed by atoms with van der Waals surface area (Å²) in [6.45, 7) is 0. The van der Waals surface area contributed by atoms with Crippen LogP contribution in [0.25, 0.3) is 0 Å². The highest BCUT2D eigenvalue weighted by Gasteiger charge is 2.63. The van der Waals surface area contributed by atoms with Gasteiger partial charge in [0.15, 0.2) is 6.17 Å². The molecule has 1 unspecified atom stereocenters. The SMILES string of the molecule is OC(F)(F)C(F)(F)C(F)CC(F)(F)F. The minimum Gasteiger partial charge on any atom is -0.331 e. The molecule has 0 saturated heterocycles. The largest absolute Gasteiger partial charge is 0.420 e. The molecule has 0 saturated carbocycles. The Morgan fingerprint density at radius 3 is 1.50 bits per heavy atom. The summed E-state index contributed by atoms with van der Waals surface area (Å²) in [6.07, 6.45) is -18.1. The maximum absolute atomic E-state index is 12.1. The lowest BCUT2D eigenvalue weighted by molar-refractivity contribution is -0.348. The Morgan fingerprint density at radius 1 is 0.929 bits per heavy atom. The molecule has 0 fully saturated rings. The molecule has 1 nitrogen and oxygen atoms in total. The van der Waals surface area contributed by atoms with Crippen molar-refractivity contribution >= 4 is 0 Å². The van der Waals surface area contributed by atoms with Gasteiger partial charge in [0.2, 0.25) is 0 Å². The van der Waals surface area contributed by atoms with Gasteiger partial charge >= 0.3 is 18.2 Å². The van der Waals surface area contributed by atoms with Crippen molar-refractivity contribution in [3.05, 3.63) is 0 Å². The summed E-state index contributed by atoms with van der Waals surface area (Å²) in [5, 5.41) is 7.42. The number of rotatable bonds is 3. The van der Waals surface area contributed by atoms with Crippen LogP contribution in [0.1, 0.15) is 6.42 Å². The van der Waals surface area contributed by atoms with Crippen LogP contribution in [-0.2, 0) is 0 Å². The summed E-state index contributed by atoms with van der Waals surface area (Å²) >= 11 is 0. The molecule has 0 amide bonds.